The number of nitrogens with zero attached hydrogens (tertiary/aromatic N) is 1. The van der Waals surface area contributed by atoms with Crippen LogP contribution < -0.4 is 11.2 Å². The molecule has 3 aromatic rings. The first-order valence-corrected chi connectivity index (χ1v) is 6.46. The second kappa shape index (κ2) is 4.24. The molecular weight excluding hydrogens is 310 g/mol. The van der Waals surface area contributed by atoms with Crippen LogP contribution in [0.4, 0.5) is 0 Å². The van der Waals surface area contributed by atoms with E-state index in [1.54, 1.807) is 24.3 Å². The summed E-state index contributed by atoms with van der Waals surface area (Å²) in [6.45, 7) is 1.83. The lowest BCUT2D eigenvalue weighted by molar-refractivity contribution is 0.898. The van der Waals surface area contributed by atoms with E-state index in [0.29, 0.717) is 16.7 Å². The lowest BCUT2D eigenvalue weighted by Crippen LogP contribution is -2.33. The molecular formula is C13H10BrN3O2. The number of halogens is 1. The Morgan fingerprint density at radius 2 is 1.95 bits per heavy atom. The molecule has 0 saturated carbocycles. The minimum Gasteiger partial charge on any atom is -0.353 e. The van der Waals surface area contributed by atoms with Crippen LogP contribution in [-0.4, -0.2) is 14.5 Å². The Bertz CT molecular complexity index is 889. The van der Waals surface area contributed by atoms with Gasteiger partial charge in [0.05, 0.1) is 11.2 Å². The largest absolute Gasteiger partial charge is 0.353 e. The average molecular weight is 320 g/mol. The van der Waals surface area contributed by atoms with E-state index in [0.717, 1.165) is 14.7 Å². The van der Waals surface area contributed by atoms with Crippen molar-refractivity contribution in [2.24, 2.45) is 0 Å². The maximum Gasteiger partial charge on any atom is 0.333 e. The molecule has 6 heteroatoms. The van der Waals surface area contributed by atoms with Crippen molar-refractivity contribution in [1.82, 2.24) is 14.5 Å². The van der Waals surface area contributed by atoms with Crippen molar-refractivity contribution in [1.29, 1.82) is 0 Å². The molecule has 1 aromatic carbocycles. The summed E-state index contributed by atoms with van der Waals surface area (Å²) >= 11 is 3.33. The monoisotopic (exact) mass is 319 g/mol. The van der Waals surface area contributed by atoms with Crippen LogP contribution in [0, 0.1) is 6.92 Å². The third kappa shape index (κ3) is 1.94. The maximum absolute atomic E-state index is 12.4. The zero-order valence-electron chi connectivity index (χ0n) is 10.0. The molecule has 0 saturated heterocycles. The Hall–Kier alpha value is -2.08. The number of H-pyrrole nitrogens is 2. The zero-order valence-corrected chi connectivity index (χ0v) is 11.6. The Morgan fingerprint density at radius 3 is 2.68 bits per heavy atom. The molecule has 0 aliphatic rings. The Balaban J connectivity index is 2.41. The van der Waals surface area contributed by atoms with Crippen LogP contribution in [0.1, 0.15) is 5.69 Å². The van der Waals surface area contributed by atoms with Gasteiger partial charge in [0.2, 0.25) is 0 Å². The van der Waals surface area contributed by atoms with Crippen LogP contribution in [0.25, 0.3) is 16.7 Å². The second-order valence-electron chi connectivity index (χ2n) is 4.29. The van der Waals surface area contributed by atoms with Crippen LogP contribution in [0.2, 0.25) is 0 Å². The molecule has 0 spiro atoms. The molecule has 0 fully saturated rings. The molecule has 96 valence electrons. The average Bonchev–Trinajstić information content (AvgIpc) is 2.70. The molecule has 2 N–H and O–H groups in total. The molecule has 0 aliphatic carbocycles. The summed E-state index contributed by atoms with van der Waals surface area (Å²) in [5.74, 6) is 0. The van der Waals surface area contributed by atoms with E-state index < -0.39 is 5.69 Å². The second-order valence-corrected chi connectivity index (χ2v) is 5.21. The number of aromatic nitrogens is 3. The Kier molecular flexibility index (Phi) is 2.67. The van der Waals surface area contributed by atoms with Gasteiger partial charge in [0.1, 0.15) is 5.52 Å². The topological polar surface area (TPSA) is 70.7 Å². The smallest absolute Gasteiger partial charge is 0.333 e. The van der Waals surface area contributed by atoms with Crippen LogP contribution in [0.15, 0.2) is 44.4 Å². The number of nitrogens with one attached hydrogen (secondary N) is 2. The Labute approximate surface area is 116 Å². The van der Waals surface area contributed by atoms with E-state index in [2.05, 4.69) is 25.9 Å². The number of rotatable bonds is 1. The van der Waals surface area contributed by atoms with Gasteiger partial charge in [0, 0.05) is 10.2 Å². The number of aromatic amines is 2. The summed E-state index contributed by atoms with van der Waals surface area (Å²) in [5.41, 5.74) is 1.47. The van der Waals surface area contributed by atoms with Crippen molar-refractivity contribution < 1.29 is 0 Å². The summed E-state index contributed by atoms with van der Waals surface area (Å²) in [6, 6.07) is 8.78. The molecule has 0 radical (unpaired) electrons. The summed E-state index contributed by atoms with van der Waals surface area (Å²) in [5, 5.41) is 0. The highest BCUT2D eigenvalue weighted by atomic mass is 79.9. The lowest BCUT2D eigenvalue weighted by Gasteiger charge is -2.04. The van der Waals surface area contributed by atoms with Crippen molar-refractivity contribution in [2.45, 2.75) is 6.92 Å². The van der Waals surface area contributed by atoms with Crippen LogP contribution in [-0.2, 0) is 0 Å². The van der Waals surface area contributed by atoms with Gasteiger partial charge in [-0.15, -0.1) is 0 Å². The van der Waals surface area contributed by atoms with Gasteiger partial charge in [-0.3, -0.25) is 4.79 Å². The van der Waals surface area contributed by atoms with Gasteiger partial charge in [0.15, 0.2) is 0 Å². The normalized spacial score (nSPS) is 11.1. The summed E-state index contributed by atoms with van der Waals surface area (Å²) in [4.78, 5) is 30.1. The van der Waals surface area contributed by atoms with Gasteiger partial charge < -0.3 is 9.97 Å². The minimum absolute atomic E-state index is 0.357. The van der Waals surface area contributed by atoms with Crippen molar-refractivity contribution >= 4 is 27.0 Å². The molecule has 0 atom stereocenters. The Morgan fingerprint density at radius 1 is 1.16 bits per heavy atom. The van der Waals surface area contributed by atoms with Gasteiger partial charge in [0.25, 0.3) is 5.56 Å². The molecule has 2 heterocycles. The highest BCUT2D eigenvalue weighted by molar-refractivity contribution is 9.10. The predicted octanol–water partition coefficient (Wildman–Crippen LogP) is 2.08. The highest BCUT2D eigenvalue weighted by Gasteiger charge is 2.11. The molecule has 3 rings (SSSR count). The molecule has 5 nitrogen and oxygen atoms in total. The number of hydrogen-bond acceptors (Lipinski definition) is 2. The fraction of sp³-hybridized carbons (Fsp3) is 0.0769. The van der Waals surface area contributed by atoms with Crippen molar-refractivity contribution in [3.63, 3.8) is 0 Å². The number of hydrogen-bond donors (Lipinski definition) is 2. The van der Waals surface area contributed by atoms with Crippen LogP contribution in [0.3, 0.4) is 0 Å². The zero-order chi connectivity index (χ0) is 13.6. The molecule has 2 aromatic heterocycles. The quantitative estimate of drug-likeness (QED) is 0.721. The van der Waals surface area contributed by atoms with Crippen LogP contribution >= 0.6 is 15.9 Å². The van der Waals surface area contributed by atoms with Gasteiger partial charge >= 0.3 is 5.69 Å². The first kappa shape index (κ1) is 12.0. The SMILES string of the molecule is Cc1cc2[nH]c(=O)n(-c3cccc(Br)c3)c(=O)c2[nH]1. The van der Waals surface area contributed by atoms with Crippen molar-refractivity contribution in [2.75, 3.05) is 0 Å². The molecule has 19 heavy (non-hydrogen) atoms. The van der Waals surface area contributed by atoms with E-state index in [1.165, 1.54) is 0 Å². The van der Waals surface area contributed by atoms with Gasteiger partial charge in [-0.1, -0.05) is 22.0 Å². The van der Waals surface area contributed by atoms with E-state index in [1.807, 2.05) is 13.0 Å². The molecule has 0 aliphatic heterocycles. The fourth-order valence-corrected chi connectivity index (χ4v) is 2.47. The van der Waals surface area contributed by atoms with Gasteiger partial charge in [-0.2, -0.15) is 0 Å². The van der Waals surface area contributed by atoms with E-state index in [4.69, 9.17) is 0 Å². The first-order valence-electron chi connectivity index (χ1n) is 5.67. The number of aryl methyl sites for hydroxylation is 1. The van der Waals surface area contributed by atoms with E-state index >= 15 is 0 Å². The standard InChI is InChI=1S/C13H10BrN3O2/c1-7-5-10-11(15-7)12(18)17(13(19)16-10)9-4-2-3-8(14)6-9/h2-6,15H,1H3,(H,16,19). The number of benzene rings is 1. The maximum atomic E-state index is 12.4. The van der Waals surface area contributed by atoms with Gasteiger partial charge in [-0.05, 0) is 31.2 Å². The fourth-order valence-electron chi connectivity index (χ4n) is 2.08. The minimum atomic E-state index is -0.449. The third-order valence-corrected chi connectivity index (χ3v) is 3.37. The lowest BCUT2D eigenvalue weighted by atomic mass is 10.3. The predicted molar refractivity (Wildman–Crippen MR) is 77.0 cm³/mol. The molecule has 0 bridgehead atoms. The number of fused-ring (bicyclic) bond motifs is 1. The van der Waals surface area contributed by atoms with E-state index in [9.17, 15) is 9.59 Å². The van der Waals surface area contributed by atoms with Crippen molar-refractivity contribution in [3.8, 4) is 5.69 Å². The summed E-state index contributed by atoms with van der Waals surface area (Å²) < 4.78 is 1.92. The van der Waals surface area contributed by atoms with Gasteiger partial charge in [-0.25, -0.2) is 9.36 Å². The summed E-state index contributed by atoms with van der Waals surface area (Å²) in [6.07, 6.45) is 0. The van der Waals surface area contributed by atoms with E-state index in [-0.39, 0.29) is 5.56 Å². The molecule has 0 amide bonds. The highest BCUT2D eigenvalue weighted by Crippen LogP contribution is 2.14. The molecule has 0 unspecified atom stereocenters. The third-order valence-electron chi connectivity index (χ3n) is 2.88. The van der Waals surface area contributed by atoms with Crippen LogP contribution in [0.5, 0.6) is 0 Å². The van der Waals surface area contributed by atoms with Crippen molar-refractivity contribution in [3.05, 3.63) is 61.3 Å². The summed E-state index contributed by atoms with van der Waals surface area (Å²) in [7, 11) is 0. The first-order chi connectivity index (χ1) is 9.06.